The summed E-state index contributed by atoms with van der Waals surface area (Å²) in [5.74, 6) is 0.357. The first kappa shape index (κ1) is 11.4. The Bertz CT molecular complexity index is 748. The molecule has 3 rings (SSSR count). The fraction of sp³-hybridized carbons (Fsp3) is 0.0714. The van der Waals surface area contributed by atoms with Crippen LogP contribution in [0.4, 0.5) is 5.82 Å². The summed E-state index contributed by atoms with van der Waals surface area (Å²) < 4.78 is 0. The van der Waals surface area contributed by atoms with Crippen molar-refractivity contribution in [1.82, 2.24) is 15.2 Å². The maximum atomic E-state index is 12.2. The molecular weight excluding hydrogens is 240 g/mol. The zero-order chi connectivity index (χ0) is 13.2. The van der Waals surface area contributed by atoms with Gasteiger partial charge in [0, 0.05) is 11.6 Å². The number of amides is 1. The van der Waals surface area contributed by atoms with Gasteiger partial charge in [0.1, 0.15) is 5.82 Å². The second kappa shape index (κ2) is 4.53. The molecular formula is C14H12N4O. The topological polar surface area (TPSA) is 70.7 Å². The molecule has 0 atom stereocenters. The highest BCUT2D eigenvalue weighted by molar-refractivity contribution is 6.12. The van der Waals surface area contributed by atoms with Gasteiger partial charge < -0.3 is 5.32 Å². The van der Waals surface area contributed by atoms with Gasteiger partial charge in [-0.3, -0.25) is 9.89 Å². The van der Waals surface area contributed by atoms with Gasteiger partial charge in [-0.2, -0.15) is 5.10 Å². The van der Waals surface area contributed by atoms with Crippen molar-refractivity contribution in [2.45, 2.75) is 6.92 Å². The van der Waals surface area contributed by atoms with Crippen LogP contribution in [-0.4, -0.2) is 21.1 Å². The first-order chi connectivity index (χ1) is 9.24. The van der Waals surface area contributed by atoms with Gasteiger partial charge in [-0.05, 0) is 36.8 Å². The average Bonchev–Trinajstić information content (AvgIpc) is 2.86. The Kier molecular flexibility index (Phi) is 2.72. The Morgan fingerprint density at radius 1 is 1.32 bits per heavy atom. The van der Waals surface area contributed by atoms with Crippen LogP contribution >= 0.6 is 0 Å². The molecule has 5 heteroatoms. The molecule has 2 heterocycles. The molecule has 0 fully saturated rings. The summed E-state index contributed by atoms with van der Waals surface area (Å²) in [7, 11) is 0. The number of benzene rings is 1. The number of H-pyrrole nitrogens is 1. The summed E-state index contributed by atoms with van der Waals surface area (Å²) in [4.78, 5) is 16.4. The van der Waals surface area contributed by atoms with Gasteiger partial charge in [0.2, 0.25) is 0 Å². The van der Waals surface area contributed by atoms with Crippen LogP contribution in [0, 0.1) is 6.92 Å². The van der Waals surface area contributed by atoms with E-state index in [2.05, 4.69) is 20.5 Å². The molecule has 94 valence electrons. The first-order valence-electron chi connectivity index (χ1n) is 5.90. The van der Waals surface area contributed by atoms with Gasteiger partial charge in [0.05, 0.1) is 17.3 Å². The predicted octanol–water partition coefficient (Wildman–Crippen LogP) is 2.52. The molecule has 0 aliphatic carbocycles. The van der Waals surface area contributed by atoms with Gasteiger partial charge in [-0.25, -0.2) is 4.98 Å². The van der Waals surface area contributed by atoms with Crippen molar-refractivity contribution < 1.29 is 4.79 Å². The first-order valence-corrected chi connectivity index (χ1v) is 5.90. The molecule has 0 aliphatic rings. The minimum atomic E-state index is -0.190. The lowest BCUT2D eigenvalue weighted by atomic mass is 10.1. The summed E-state index contributed by atoms with van der Waals surface area (Å²) >= 11 is 0. The number of aromatic amines is 1. The number of aryl methyl sites for hydroxylation is 1. The lowest BCUT2D eigenvalue weighted by molar-refractivity contribution is 0.102. The Balaban J connectivity index is 1.94. The molecule has 0 saturated carbocycles. The highest BCUT2D eigenvalue weighted by Gasteiger charge is 2.11. The van der Waals surface area contributed by atoms with Gasteiger partial charge in [-0.15, -0.1) is 0 Å². The third-order valence-electron chi connectivity index (χ3n) is 2.89. The Morgan fingerprint density at radius 3 is 3.05 bits per heavy atom. The quantitative estimate of drug-likeness (QED) is 0.736. The zero-order valence-corrected chi connectivity index (χ0v) is 10.3. The van der Waals surface area contributed by atoms with Crippen molar-refractivity contribution >= 4 is 22.6 Å². The van der Waals surface area contributed by atoms with E-state index in [1.165, 1.54) is 0 Å². The number of nitrogens with one attached hydrogen (secondary N) is 2. The summed E-state index contributed by atoms with van der Waals surface area (Å²) in [6, 6.07) is 9.17. The maximum absolute atomic E-state index is 12.2. The van der Waals surface area contributed by atoms with E-state index in [0.717, 1.165) is 16.5 Å². The molecule has 0 radical (unpaired) electrons. The highest BCUT2D eigenvalue weighted by Crippen LogP contribution is 2.17. The normalized spacial score (nSPS) is 10.6. The van der Waals surface area contributed by atoms with Crippen LogP contribution in [0.25, 0.3) is 10.9 Å². The van der Waals surface area contributed by atoms with E-state index in [0.29, 0.717) is 11.4 Å². The molecule has 0 bridgehead atoms. The molecule has 19 heavy (non-hydrogen) atoms. The number of aromatic nitrogens is 3. The van der Waals surface area contributed by atoms with E-state index in [4.69, 9.17) is 0 Å². The monoisotopic (exact) mass is 252 g/mol. The van der Waals surface area contributed by atoms with Gasteiger partial charge in [0.25, 0.3) is 5.91 Å². The lowest BCUT2D eigenvalue weighted by Crippen LogP contribution is -2.13. The Morgan fingerprint density at radius 2 is 2.21 bits per heavy atom. The fourth-order valence-corrected chi connectivity index (χ4v) is 1.95. The third kappa shape index (κ3) is 2.18. The molecule has 3 aromatic rings. The van der Waals surface area contributed by atoms with E-state index >= 15 is 0 Å². The van der Waals surface area contributed by atoms with Gasteiger partial charge >= 0.3 is 0 Å². The number of pyridine rings is 1. The molecule has 0 saturated heterocycles. The van der Waals surface area contributed by atoms with Crippen molar-refractivity contribution in [1.29, 1.82) is 0 Å². The SMILES string of the molecule is Cc1ccnc(NC(=O)c2cccc3[nH]ncc23)c1. The number of hydrogen-bond donors (Lipinski definition) is 2. The molecule has 0 unspecified atom stereocenters. The zero-order valence-electron chi connectivity index (χ0n) is 10.3. The average molecular weight is 252 g/mol. The van der Waals surface area contributed by atoms with Crippen LogP contribution in [-0.2, 0) is 0 Å². The highest BCUT2D eigenvalue weighted by atomic mass is 16.1. The molecule has 0 spiro atoms. The minimum Gasteiger partial charge on any atom is -0.307 e. The summed E-state index contributed by atoms with van der Waals surface area (Å²) in [6.45, 7) is 1.95. The van der Waals surface area contributed by atoms with Gasteiger partial charge in [-0.1, -0.05) is 6.07 Å². The van der Waals surface area contributed by atoms with Crippen LogP contribution in [0.1, 0.15) is 15.9 Å². The number of nitrogens with zero attached hydrogens (tertiary/aromatic N) is 2. The van der Waals surface area contributed by atoms with Crippen LogP contribution < -0.4 is 5.32 Å². The van der Waals surface area contributed by atoms with Crippen LogP contribution in [0.2, 0.25) is 0 Å². The van der Waals surface area contributed by atoms with Crippen molar-refractivity contribution in [2.75, 3.05) is 5.32 Å². The molecule has 1 aromatic carbocycles. The van der Waals surface area contributed by atoms with E-state index in [9.17, 15) is 4.79 Å². The van der Waals surface area contributed by atoms with Crippen LogP contribution in [0.3, 0.4) is 0 Å². The van der Waals surface area contributed by atoms with Crippen LogP contribution in [0.15, 0.2) is 42.7 Å². The number of carbonyl (C=O) groups is 1. The van der Waals surface area contributed by atoms with E-state index < -0.39 is 0 Å². The largest absolute Gasteiger partial charge is 0.307 e. The van der Waals surface area contributed by atoms with Crippen molar-refractivity contribution in [2.24, 2.45) is 0 Å². The number of rotatable bonds is 2. The standard InChI is InChI=1S/C14H12N4O/c1-9-5-6-15-13(7-9)17-14(19)10-3-2-4-12-11(10)8-16-18-12/h2-8H,1H3,(H,16,18)(H,15,17,19). The minimum absolute atomic E-state index is 0.190. The van der Waals surface area contributed by atoms with Crippen molar-refractivity contribution in [3.63, 3.8) is 0 Å². The molecule has 2 N–H and O–H groups in total. The van der Waals surface area contributed by atoms with E-state index in [-0.39, 0.29) is 5.91 Å². The summed E-state index contributed by atoms with van der Waals surface area (Å²) in [6.07, 6.45) is 3.32. The second-order valence-corrected chi connectivity index (χ2v) is 4.31. The number of fused-ring (bicyclic) bond motifs is 1. The second-order valence-electron chi connectivity index (χ2n) is 4.31. The molecule has 2 aromatic heterocycles. The molecule has 5 nitrogen and oxygen atoms in total. The molecule has 1 amide bonds. The fourth-order valence-electron chi connectivity index (χ4n) is 1.95. The maximum Gasteiger partial charge on any atom is 0.257 e. The van der Waals surface area contributed by atoms with Crippen LogP contribution in [0.5, 0.6) is 0 Å². The lowest BCUT2D eigenvalue weighted by Gasteiger charge is -2.05. The third-order valence-corrected chi connectivity index (χ3v) is 2.89. The van der Waals surface area contributed by atoms with Crippen molar-refractivity contribution in [3.8, 4) is 0 Å². The van der Waals surface area contributed by atoms with Crippen molar-refractivity contribution in [3.05, 3.63) is 53.9 Å². The van der Waals surface area contributed by atoms with Gasteiger partial charge in [0.15, 0.2) is 0 Å². The Labute approximate surface area is 109 Å². The number of hydrogen-bond acceptors (Lipinski definition) is 3. The number of carbonyl (C=O) groups excluding carboxylic acids is 1. The summed E-state index contributed by atoms with van der Waals surface area (Å²) in [5, 5.41) is 10.4. The van der Waals surface area contributed by atoms with E-state index in [1.807, 2.05) is 31.2 Å². The van der Waals surface area contributed by atoms with E-state index in [1.54, 1.807) is 18.5 Å². The predicted molar refractivity (Wildman–Crippen MR) is 73.0 cm³/mol. The molecule has 0 aliphatic heterocycles. The number of anilines is 1. The smallest absolute Gasteiger partial charge is 0.257 e. The Hall–Kier alpha value is -2.69. The summed E-state index contributed by atoms with van der Waals surface area (Å²) in [5.41, 5.74) is 2.46.